The van der Waals surface area contributed by atoms with Gasteiger partial charge in [-0.2, -0.15) is 0 Å². The highest BCUT2D eigenvalue weighted by atomic mass is 32.1. The maximum atomic E-state index is 5.64. The lowest BCUT2D eigenvalue weighted by Crippen LogP contribution is -2.46. The molecule has 0 spiro atoms. The maximum Gasteiger partial charge on any atom is 0.185 e. The molecule has 1 aromatic heterocycles. The lowest BCUT2D eigenvalue weighted by Gasteiger charge is -2.37. The molecule has 2 aromatic rings. The van der Waals surface area contributed by atoms with Gasteiger partial charge >= 0.3 is 0 Å². The smallest absolute Gasteiger partial charge is 0.185 e. The Balaban J connectivity index is 1.68. The van der Waals surface area contributed by atoms with Gasteiger partial charge in [0.25, 0.3) is 0 Å². The summed E-state index contributed by atoms with van der Waals surface area (Å²) in [5.41, 5.74) is 10.8. The van der Waals surface area contributed by atoms with Gasteiger partial charge in [-0.1, -0.05) is 12.1 Å². The van der Waals surface area contributed by atoms with Gasteiger partial charge < -0.3 is 15.5 Å². The van der Waals surface area contributed by atoms with Crippen molar-refractivity contribution in [2.45, 2.75) is 20.4 Å². The maximum absolute atomic E-state index is 5.64. The standard InChI is InChI=1S/C16H22N4S/c1-12-4-3-5-15(13(12)2)19-6-8-20(9-7-19)16-18-14(10-17)11-21-16/h3-5,11H,6-10,17H2,1-2H3. The second-order valence-corrected chi connectivity index (χ2v) is 6.36. The summed E-state index contributed by atoms with van der Waals surface area (Å²) in [6.45, 7) is 9.04. The molecule has 0 aliphatic carbocycles. The van der Waals surface area contributed by atoms with Crippen LogP contribution in [0.25, 0.3) is 0 Å². The zero-order valence-electron chi connectivity index (χ0n) is 12.7. The molecule has 0 amide bonds. The Hall–Kier alpha value is -1.59. The Morgan fingerprint density at radius 3 is 2.52 bits per heavy atom. The van der Waals surface area contributed by atoms with Crippen molar-refractivity contribution in [2.24, 2.45) is 5.73 Å². The predicted molar refractivity (Wildman–Crippen MR) is 90.3 cm³/mol. The summed E-state index contributed by atoms with van der Waals surface area (Å²) in [5, 5.41) is 3.17. The van der Waals surface area contributed by atoms with Gasteiger partial charge in [0.1, 0.15) is 0 Å². The van der Waals surface area contributed by atoms with E-state index in [0.717, 1.165) is 37.0 Å². The Labute approximate surface area is 130 Å². The molecule has 0 radical (unpaired) electrons. The summed E-state index contributed by atoms with van der Waals surface area (Å²) in [7, 11) is 0. The van der Waals surface area contributed by atoms with E-state index in [9.17, 15) is 0 Å². The topological polar surface area (TPSA) is 45.4 Å². The lowest BCUT2D eigenvalue weighted by atomic mass is 10.1. The molecule has 2 heterocycles. The Morgan fingerprint density at radius 1 is 1.14 bits per heavy atom. The van der Waals surface area contributed by atoms with Crippen LogP contribution in [0.2, 0.25) is 0 Å². The van der Waals surface area contributed by atoms with E-state index in [1.54, 1.807) is 11.3 Å². The van der Waals surface area contributed by atoms with E-state index in [1.165, 1.54) is 16.8 Å². The third kappa shape index (κ3) is 2.89. The third-order valence-electron chi connectivity index (χ3n) is 4.22. The molecule has 0 atom stereocenters. The fourth-order valence-corrected chi connectivity index (χ4v) is 3.64. The number of thiazole rings is 1. The summed E-state index contributed by atoms with van der Waals surface area (Å²) < 4.78 is 0. The molecule has 5 heteroatoms. The highest BCUT2D eigenvalue weighted by Crippen LogP contribution is 2.26. The van der Waals surface area contributed by atoms with Crippen LogP contribution in [0.15, 0.2) is 23.6 Å². The summed E-state index contributed by atoms with van der Waals surface area (Å²) in [4.78, 5) is 9.43. The minimum atomic E-state index is 0.527. The van der Waals surface area contributed by atoms with E-state index in [-0.39, 0.29) is 0 Å². The Kier molecular flexibility index (Phi) is 4.12. The van der Waals surface area contributed by atoms with Gasteiger partial charge in [0, 0.05) is 43.8 Å². The first kappa shape index (κ1) is 14.4. The number of hydrogen-bond donors (Lipinski definition) is 1. The molecule has 0 bridgehead atoms. The second kappa shape index (κ2) is 6.03. The van der Waals surface area contributed by atoms with Crippen molar-refractivity contribution in [3.05, 3.63) is 40.4 Å². The molecule has 0 saturated carbocycles. The summed E-state index contributed by atoms with van der Waals surface area (Å²) in [5.74, 6) is 0. The van der Waals surface area contributed by atoms with Gasteiger partial charge in [0.2, 0.25) is 0 Å². The van der Waals surface area contributed by atoms with Crippen LogP contribution in [0.4, 0.5) is 10.8 Å². The van der Waals surface area contributed by atoms with Crippen molar-refractivity contribution < 1.29 is 0 Å². The SMILES string of the molecule is Cc1cccc(N2CCN(c3nc(CN)cs3)CC2)c1C. The van der Waals surface area contributed by atoms with Crippen LogP contribution in [-0.2, 0) is 6.54 Å². The van der Waals surface area contributed by atoms with E-state index < -0.39 is 0 Å². The number of nitrogens with two attached hydrogens (primary N) is 1. The molecule has 112 valence electrons. The molecule has 2 N–H and O–H groups in total. The molecule has 1 aliphatic rings. The van der Waals surface area contributed by atoms with Gasteiger partial charge in [-0.05, 0) is 31.0 Å². The highest BCUT2D eigenvalue weighted by Gasteiger charge is 2.20. The quantitative estimate of drug-likeness (QED) is 0.946. The van der Waals surface area contributed by atoms with Crippen LogP contribution in [0.1, 0.15) is 16.8 Å². The van der Waals surface area contributed by atoms with Crippen molar-refractivity contribution in [3.63, 3.8) is 0 Å². The normalized spacial score (nSPS) is 15.6. The van der Waals surface area contributed by atoms with Gasteiger partial charge in [0.05, 0.1) is 5.69 Å². The van der Waals surface area contributed by atoms with E-state index >= 15 is 0 Å². The average molecular weight is 302 g/mol. The number of piperazine rings is 1. The van der Waals surface area contributed by atoms with Gasteiger partial charge in [-0.25, -0.2) is 4.98 Å². The van der Waals surface area contributed by atoms with Crippen LogP contribution < -0.4 is 15.5 Å². The van der Waals surface area contributed by atoms with Crippen molar-refractivity contribution >= 4 is 22.2 Å². The molecule has 1 fully saturated rings. The van der Waals surface area contributed by atoms with Gasteiger partial charge in [0.15, 0.2) is 5.13 Å². The monoisotopic (exact) mass is 302 g/mol. The van der Waals surface area contributed by atoms with Crippen LogP contribution in [-0.4, -0.2) is 31.2 Å². The van der Waals surface area contributed by atoms with Crippen LogP contribution in [0.3, 0.4) is 0 Å². The van der Waals surface area contributed by atoms with E-state index in [1.807, 2.05) is 0 Å². The molecule has 1 aliphatic heterocycles. The molecule has 21 heavy (non-hydrogen) atoms. The first-order valence-electron chi connectivity index (χ1n) is 7.39. The summed E-state index contributed by atoms with van der Waals surface area (Å²) in [6.07, 6.45) is 0. The van der Waals surface area contributed by atoms with Crippen LogP contribution in [0.5, 0.6) is 0 Å². The zero-order chi connectivity index (χ0) is 14.8. The molecule has 1 saturated heterocycles. The highest BCUT2D eigenvalue weighted by molar-refractivity contribution is 7.13. The van der Waals surface area contributed by atoms with E-state index in [2.05, 4.69) is 52.2 Å². The van der Waals surface area contributed by atoms with Crippen molar-refractivity contribution in [1.82, 2.24) is 4.98 Å². The molecular formula is C16H22N4S. The Bertz CT molecular complexity index is 614. The first-order valence-corrected chi connectivity index (χ1v) is 8.27. The fourth-order valence-electron chi connectivity index (χ4n) is 2.75. The molecule has 0 unspecified atom stereocenters. The zero-order valence-corrected chi connectivity index (χ0v) is 13.5. The summed E-state index contributed by atoms with van der Waals surface area (Å²) >= 11 is 1.70. The van der Waals surface area contributed by atoms with Gasteiger partial charge in [-0.3, -0.25) is 0 Å². The van der Waals surface area contributed by atoms with Crippen LogP contribution >= 0.6 is 11.3 Å². The second-order valence-electron chi connectivity index (χ2n) is 5.52. The number of hydrogen-bond acceptors (Lipinski definition) is 5. The predicted octanol–water partition coefficient (Wildman–Crippen LogP) is 2.55. The number of anilines is 2. The summed E-state index contributed by atoms with van der Waals surface area (Å²) in [6, 6.07) is 6.56. The van der Waals surface area contributed by atoms with Crippen molar-refractivity contribution in [3.8, 4) is 0 Å². The minimum absolute atomic E-state index is 0.527. The molecule has 1 aromatic carbocycles. The van der Waals surface area contributed by atoms with E-state index in [0.29, 0.717) is 6.54 Å². The van der Waals surface area contributed by atoms with E-state index in [4.69, 9.17) is 5.73 Å². The van der Waals surface area contributed by atoms with Crippen molar-refractivity contribution in [2.75, 3.05) is 36.0 Å². The molecule has 3 rings (SSSR count). The molecular weight excluding hydrogens is 280 g/mol. The number of benzene rings is 1. The third-order valence-corrected chi connectivity index (χ3v) is 5.17. The minimum Gasteiger partial charge on any atom is -0.368 e. The molecule has 4 nitrogen and oxygen atoms in total. The number of nitrogens with zero attached hydrogens (tertiary/aromatic N) is 3. The Morgan fingerprint density at radius 2 is 1.86 bits per heavy atom. The lowest BCUT2D eigenvalue weighted by molar-refractivity contribution is 0.650. The van der Waals surface area contributed by atoms with Crippen LogP contribution in [0, 0.1) is 13.8 Å². The van der Waals surface area contributed by atoms with Gasteiger partial charge in [-0.15, -0.1) is 11.3 Å². The largest absolute Gasteiger partial charge is 0.368 e. The first-order chi connectivity index (χ1) is 10.2. The number of aryl methyl sites for hydroxylation is 1. The number of rotatable bonds is 3. The van der Waals surface area contributed by atoms with Crippen molar-refractivity contribution in [1.29, 1.82) is 0 Å². The average Bonchev–Trinajstić information content (AvgIpc) is 2.99. The fraction of sp³-hybridized carbons (Fsp3) is 0.438. The number of aromatic nitrogens is 1.